The maximum Gasteiger partial charge on any atom is 0.223 e. The number of nitrogens with one attached hydrogen (secondary N) is 2. The number of hydrogen-bond acceptors (Lipinski definition) is 9. The summed E-state index contributed by atoms with van der Waals surface area (Å²) in [4.78, 5) is 30.1. The van der Waals surface area contributed by atoms with E-state index >= 15 is 9.36 Å². The number of hydrogen-bond donors (Lipinski definition) is 2. The fourth-order valence-electron chi connectivity index (χ4n) is 10.7. The lowest BCUT2D eigenvalue weighted by Gasteiger charge is -2.48. The number of unbranched alkanes of at least 4 members (excludes halogenated alkanes) is 16. The van der Waals surface area contributed by atoms with E-state index in [1.165, 1.54) is 77.0 Å². The first-order valence-electron chi connectivity index (χ1n) is 31.7. The van der Waals surface area contributed by atoms with Crippen LogP contribution in [0.4, 0.5) is 0 Å². The van der Waals surface area contributed by atoms with Crippen LogP contribution in [0.5, 0.6) is 0 Å². The van der Waals surface area contributed by atoms with E-state index in [-0.39, 0.29) is 54.7 Å². The van der Waals surface area contributed by atoms with Gasteiger partial charge in [0.1, 0.15) is 18.2 Å². The van der Waals surface area contributed by atoms with Crippen LogP contribution in [0.1, 0.15) is 198 Å². The molecule has 13 heteroatoms. The number of methoxy groups -OCH3 is 1. The van der Waals surface area contributed by atoms with Crippen molar-refractivity contribution in [2.24, 2.45) is 0 Å². The van der Waals surface area contributed by atoms with Crippen LogP contribution in [0, 0.1) is 0 Å². The Kier molecular flexibility index (Phi) is 32.0. The Morgan fingerprint density at radius 1 is 0.549 bits per heavy atom. The van der Waals surface area contributed by atoms with Crippen LogP contribution in [0.2, 0.25) is 18.1 Å². The molecule has 2 N–H and O–H groups in total. The number of carbonyl (C=O) groups excluding carboxylic acids is 2. The minimum Gasteiger partial charge on any atom is -0.414 e. The largest absolute Gasteiger partial charge is 0.414 e. The van der Waals surface area contributed by atoms with Crippen molar-refractivity contribution in [1.82, 2.24) is 10.6 Å². The van der Waals surface area contributed by atoms with Crippen LogP contribution >= 0.6 is 7.37 Å². The Balaban J connectivity index is 1.50. The summed E-state index contributed by atoms with van der Waals surface area (Å²) in [6, 6.07) is 37.7. The van der Waals surface area contributed by atoms with Crippen LogP contribution in [0.3, 0.4) is 0 Å². The highest BCUT2D eigenvalue weighted by atomic mass is 31.2. The average Bonchev–Trinajstić information content (AvgIpc) is 3.25. The first kappa shape index (κ1) is 68.8. The predicted molar refractivity (Wildman–Crippen MR) is 338 cm³/mol. The van der Waals surface area contributed by atoms with Crippen LogP contribution in [-0.4, -0.2) is 76.6 Å². The molecule has 0 unspecified atom stereocenters. The molecular formula is C69H107N2O9PSi. The van der Waals surface area contributed by atoms with Gasteiger partial charge < -0.3 is 38.5 Å². The molecule has 0 bridgehead atoms. The molecule has 0 aliphatic carbocycles. The van der Waals surface area contributed by atoms with E-state index in [0.717, 1.165) is 67.2 Å². The summed E-state index contributed by atoms with van der Waals surface area (Å²) in [7, 11) is -4.58. The third-order valence-corrected chi connectivity index (χ3v) is 23.4. The van der Waals surface area contributed by atoms with Crippen molar-refractivity contribution in [3.63, 3.8) is 0 Å². The first-order chi connectivity index (χ1) is 39.6. The molecule has 1 aliphatic heterocycles. The number of rotatable bonds is 42. The molecule has 1 fully saturated rings. The van der Waals surface area contributed by atoms with Gasteiger partial charge in [0.2, 0.25) is 19.2 Å². The lowest BCUT2D eigenvalue weighted by atomic mass is 9.93. The van der Waals surface area contributed by atoms with Crippen LogP contribution in [0.15, 0.2) is 121 Å². The second kappa shape index (κ2) is 38.2. The quantitative estimate of drug-likeness (QED) is 0.0253. The second-order valence-electron chi connectivity index (χ2n) is 24.7. The molecule has 5 rings (SSSR count). The van der Waals surface area contributed by atoms with Crippen molar-refractivity contribution in [3.8, 4) is 0 Å². The molecule has 2 amide bonds. The zero-order chi connectivity index (χ0) is 58.9. The molecular weight excluding hydrogens is 1060 g/mol. The molecule has 1 heterocycles. The highest BCUT2D eigenvalue weighted by molar-refractivity contribution is 7.57. The summed E-state index contributed by atoms with van der Waals surface area (Å²) < 4.78 is 56.8. The van der Waals surface area contributed by atoms with Crippen molar-refractivity contribution in [3.05, 3.63) is 144 Å². The van der Waals surface area contributed by atoms with Gasteiger partial charge in [0.15, 0.2) is 14.6 Å². The fraction of sp³-hybridized carbons (Fsp3) is 0.623. The zero-order valence-electron chi connectivity index (χ0n) is 51.8. The van der Waals surface area contributed by atoms with Gasteiger partial charge in [-0.05, 0) is 53.2 Å². The van der Waals surface area contributed by atoms with Crippen molar-refractivity contribution < 1.29 is 42.1 Å². The normalized spacial score (nSPS) is 18.5. The summed E-state index contributed by atoms with van der Waals surface area (Å²) >= 11 is 0. The molecule has 4 aromatic rings. The minimum atomic E-state index is -3.70. The maximum absolute atomic E-state index is 16.1. The van der Waals surface area contributed by atoms with Gasteiger partial charge in [0.25, 0.3) is 0 Å². The first-order valence-corrected chi connectivity index (χ1v) is 36.6. The average molecular weight is 1170 g/mol. The van der Waals surface area contributed by atoms with Crippen molar-refractivity contribution in [2.45, 2.75) is 262 Å². The standard InChI is InChI=1S/C69H107N2O9PSi/c1-9-11-13-15-17-19-21-23-37-47-60(76-51-56-39-29-25-30-40-56)49-63(72)70-65-66(71-64(73)50-61(77-52-57-41-31-26-32-42-57)48-38-24-22-20-18-16-14-12-10-2)68(75-6)79-62(53-78-82(7,8)69(3,4)5)67(65)80-81(74,54-58-43-33-27-34-44-58)55-59-45-35-28-36-46-59/h25-36,39-46,60-62,65-68H,9-24,37-38,47-55H2,1-8H3,(H,70,72)(H,71,73)/t60-,61-,62-,65-,66-,67-,68-/m1/s1. The van der Waals surface area contributed by atoms with E-state index in [1.54, 1.807) is 7.11 Å². The molecule has 0 saturated carbocycles. The highest BCUT2D eigenvalue weighted by Gasteiger charge is 2.52. The number of ether oxygens (including phenoxy) is 4. The van der Waals surface area contributed by atoms with Gasteiger partial charge in [-0.3, -0.25) is 14.2 Å². The Morgan fingerprint density at radius 2 is 0.915 bits per heavy atom. The third-order valence-electron chi connectivity index (χ3n) is 16.6. The smallest absolute Gasteiger partial charge is 0.223 e. The van der Waals surface area contributed by atoms with Crippen molar-refractivity contribution in [2.75, 3.05) is 13.7 Å². The lowest BCUT2D eigenvalue weighted by Crippen LogP contribution is -2.70. The molecule has 7 atom stereocenters. The fourth-order valence-corrected chi connectivity index (χ4v) is 14.2. The predicted octanol–water partition coefficient (Wildman–Crippen LogP) is 17.2. The molecule has 82 heavy (non-hydrogen) atoms. The lowest BCUT2D eigenvalue weighted by molar-refractivity contribution is -0.236. The van der Waals surface area contributed by atoms with E-state index in [1.807, 2.05) is 121 Å². The molecule has 0 radical (unpaired) electrons. The van der Waals surface area contributed by atoms with Crippen LogP contribution < -0.4 is 10.6 Å². The van der Waals surface area contributed by atoms with Crippen LogP contribution in [-0.2, 0) is 67.6 Å². The molecule has 456 valence electrons. The minimum absolute atomic E-state index is 0.0667. The van der Waals surface area contributed by atoms with E-state index in [2.05, 4.69) is 58.3 Å². The van der Waals surface area contributed by atoms with Gasteiger partial charge in [-0.1, -0.05) is 272 Å². The maximum atomic E-state index is 16.1. The molecule has 0 spiro atoms. The van der Waals surface area contributed by atoms with Gasteiger partial charge in [0.05, 0.1) is 63.2 Å². The van der Waals surface area contributed by atoms with Gasteiger partial charge in [-0.15, -0.1) is 0 Å². The Labute approximate surface area is 497 Å². The van der Waals surface area contributed by atoms with E-state index in [9.17, 15) is 4.79 Å². The highest BCUT2D eigenvalue weighted by Crippen LogP contribution is 2.56. The van der Waals surface area contributed by atoms with E-state index in [4.69, 9.17) is 27.9 Å². The van der Waals surface area contributed by atoms with Gasteiger partial charge in [0, 0.05) is 7.11 Å². The molecule has 1 aliphatic rings. The molecule has 11 nitrogen and oxygen atoms in total. The summed E-state index contributed by atoms with van der Waals surface area (Å²) in [6.07, 6.45) is 19.5. The topological polar surface area (TPSA) is 131 Å². The summed E-state index contributed by atoms with van der Waals surface area (Å²) in [5.74, 6) is -0.548. The Bertz CT molecular complexity index is 2310. The second-order valence-corrected chi connectivity index (χ2v) is 32.0. The molecule has 4 aromatic carbocycles. The number of benzene rings is 4. The van der Waals surface area contributed by atoms with E-state index < -0.39 is 52.4 Å². The van der Waals surface area contributed by atoms with Crippen molar-refractivity contribution >= 4 is 27.5 Å². The monoisotopic (exact) mass is 1170 g/mol. The number of carbonyl (C=O) groups is 2. The van der Waals surface area contributed by atoms with Gasteiger partial charge >= 0.3 is 0 Å². The van der Waals surface area contributed by atoms with Crippen molar-refractivity contribution in [1.29, 1.82) is 0 Å². The van der Waals surface area contributed by atoms with Gasteiger partial charge in [-0.2, -0.15) is 0 Å². The Hall–Kier alpha value is -3.97. The Morgan fingerprint density at radius 3 is 1.29 bits per heavy atom. The SMILES string of the molecule is CCCCCCCCCCC[C@H](CC(=O)N[C@@H]1[C@@H](NC(=O)C[C@@H](CCCCCCCCCCC)OCc2ccccc2)[C@H](OC)O[C@H](CO[Si](C)(C)C(C)(C)C)[C@H]1OP(=O)(Cc1ccccc1)Cc1ccccc1)OCc1ccccc1. The van der Waals surface area contributed by atoms with E-state index in [0.29, 0.717) is 19.6 Å². The summed E-state index contributed by atoms with van der Waals surface area (Å²) in [5.41, 5.74) is 3.78. The molecule has 0 aromatic heterocycles. The van der Waals surface area contributed by atoms with Crippen LogP contribution in [0.25, 0.3) is 0 Å². The summed E-state index contributed by atoms with van der Waals surface area (Å²) in [5, 5.41) is 6.60. The zero-order valence-corrected chi connectivity index (χ0v) is 53.7. The third kappa shape index (κ3) is 26.1. The molecule has 1 saturated heterocycles. The van der Waals surface area contributed by atoms with Gasteiger partial charge in [-0.25, -0.2) is 0 Å². The number of amides is 2. The summed E-state index contributed by atoms with van der Waals surface area (Å²) in [6.45, 7) is 16.3.